The molecule has 1 aromatic heterocycles. The van der Waals surface area contributed by atoms with Crippen molar-refractivity contribution in [1.82, 2.24) is 0 Å². The van der Waals surface area contributed by atoms with Crippen LogP contribution < -0.4 is 4.57 Å². The molecular weight excluding hydrogens is 421 g/mol. The van der Waals surface area contributed by atoms with E-state index in [0.717, 1.165) is 44.1 Å². The van der Waals surface area contributed by atoms with E-state index >= 15 is 0 Å². The lowest BCUT2D eigenvalue weighted by Crippen LogP contribution is -2.31. The third-order valence-corrected chi connectivity index (χ3v) is 5.18. The van der Waals surface area contributed by atoms with Crippen LogP contribution in [-0.4, -0.2) is 24.0 Å². The number of hydrogen-bond acceptors (Lipinski definition) is 4. The highest BCUT2D eigenvalue weighted by atomic mass is 32.3. The zero-order chi connectivity index (χ0) is 22.9. The molecule has 8 heteroatoms. The molecule has 1 heterocycles. The van der Waals surface area contributed by atoms with Gasteiger partial charge in [-0.2, -0.15) is 4.57 Å². The lowest BCUT2D eigenvalue weighted by Gasteiger charge is -2.15. The summed E-state index contributed by atoms with van der Waals surface area (Å²) in [4.78, 5) is 12.2. The Hall–Kier alpha value is -3.36. The Morgan fingerprint density at radius 3 is 2.13 bits per heavy atom. The molecule has 0 saturated heterocycles. The number of aryl methyl sites for hydroxylation is 3. The molecule has 1 N–H and O–H groups in total. The molecule has 4 rings (SSSR count). The maximum absolute atomic E-state index is 12.2. The molecule has 160 valence electrons. The number of carboxylic acids is 1. The molecule has 0 saturated carbocycles. The molecule has 0 bridgehead atoms. The van der Waals surface area contributed by atoms with E-state index in [1.807, 2.05) is 56.4 Å². The number of carbonyl (C=O) groups is 1. The van der Waals surface area contributed by atoms with Crippen molar-refractivity contribution in [3.05, 3.63) is 77.4 Å². The first kappa shape index (κ1) is 22.3. The number of benzene rings is 3. The minimum Gasteiger partial charge on any atom is -0.722 e. The minimum absolute atomic E-state index is 0.378. The molecule has 0 amide bonds. The maximum Gasteiger partial charge on any atom is 0.337 e. The maximum atomic E-state index is 12.2. The van der Waals surface area contributed by atoms with Crippen LogP contribution in [0.25, 0.3) is 32.9 Å². The fraction of sp³-hybridized carbons (Fsp3) is 0.130. The predicted molar refractivity (Wildman–Crippen MR) is 115 cm³/mol. The van der Waals surface area contributed by atoms with Crippen molar-refractivity contribution in [1.29, 1.82) is 0 Å². The van der Waals surface area contributed by atoms with Gasteiger partial charge < -0.3 is 9.66 Å². The quantitative estimate of drug-likeness (QED) is 0.217. The van der Waals surface area contributed by atoms with Gasteiger partial charge in [-0.3, -0.25) is 0 Å². The van der Waals surface area contributed by atoms with Gasteiger partial charge >= 0.3 is 5.97 Å². The van der Waals surface area contributed by atoms with Gasteiger partial charge in [0.25, 0.3) is 10.5 Å². The van der Waals surface area contributed by atoms with Crippen LogP contribution in [0.5, 0.6) is 0 Å². The highest BCUT2D eigenvalue weighted by molar-refractivity contribution is 7.80. The molecule has 3 aromatic carbocycles. The van der Waals surface area contributed by atoms with Gasteiger partial charge in [0, 0.05) is 12.1 Å². The van der Waals surface area contributed by atoms with E-state index in [9.17, 15) is 13.8 Å². The van der Waals surface area contributed by atoms with E-state index in [-0.39, 0.29) is 0 Å². The number of aromatic nitrogens is 1. The lowest BCUT2D eigenvalue weighted by atomic mass is 9.89. The topological polar surface area (TPSA) is 98.4 Å². The summed E-state index contributed by atoms with van der Waals surface area (Å²) >= 11 is 0. The van der Waals surface area contributed by atoms with Crippen molar-refractivity contribution in [3.8, 4) is 11.1 Å². The molecule has 0 aliphatic rings. The normalized spacial score (nSPS) is 11.3. The van der Waals surface area contributed by atoms with Crippen molar-refractivity contribution in [2.24, 2.45) is 7.05 Å². The van der Waals surface area contributed by atoms with E-state index in [4.69, 9.17) is 13.0 Å². The van der Waals surface area contributed by atoms with Gasteiger partial charge in [0.1, 0.15) is 7.05 Å². The molecule has 0 atom stereocenters. The monoisotopic (exact) mass is 441 g/mol. The number of halogens is 1. The van der Waals surface area contributed by atoms with Gasteiger partial charge in [0.05, 0.1) is 16.3 Å². The molecular formula is C23H20FNO5S. The second-order valence-corrected chi connectivity index (χ2v) is 7.89. The Bertz CT molecular complexity index is 1410. The largest absolute Gasteiger partial charge is 0.722 e. The number of hydrogen-bond donors (Lipinski definition) is 1. The van der Waals surface area contributed by atoms with Crippen LogP contribution in [0, 0.1) is 13.8 Å². The fourth-order valence-electron chi connectivity index (χ4n) is 4.06. The average Bonchev–Trinajstić information content (AvgIpc) is 2.68. The van der Waals surface area contributed by atoms with E-state index < -0.39 is 16.5 Å². The van der Waals surface area contributed by atoms with Crippen LogP contribution in [0.3, 0.4) is 0 Å². The van der Waals surface area contributed by atoms with Crippen LogP contribution in [0.2, 0.25) is 0 Å². The molecule has 0 aliphatic carbocycles. The van der Waals surface area contributed by atoms with Gasteiger partial charge in [-0.15, -0.1) is 3.89 Å². The van der Waals surface area contributed by atoms with Crippen molar-refractivity contribution in [3.63, 3.8) is 0 Å². The van der Waals surface area contributed by atoms with Crippen molar-refractivity contribution >= 4 is 38.3 Å². The summed E-state index contributed by atoms with van der Waals surface area (Å²) in [7, 11) is -3.42. The summed E-state index contributed by atoms with van der Waals surface area (Å²) in [6.45, 7) is 4.11. The highest BCUT2D eigenvalue weighted by Crippen LogP contribution is 2.35. The molecule has 31 heavy (non-hydrogen) atoms. The van der Waals surface area contributed by atoms with Crippen LogP contribution in [0.1, 0.15) is 21.5 Å². The predicted octanol–water partition coefficient (Wildman–Crippen LogP) is 4.22. The van der Waals surface area contributed by atoms with Gasteiger partial charge in [-0.05, 0) is 42.2 Å². The first-order chi connectivity index (χ1) is 14.5. The van der Waals surface area contributed by atoms with E-state index in [1.165, 1.54) is 0 Å². The summed E-state index contributed by atoms with van der Waals surface area (Å²) in [5, 5.41) is 11.6. The number of rotatable bonds is 2. The number of pyridine rings is 1. The van der Waals surface area contributed by atoms with Gasteiger partial charge in [0.15, 0.2) is 0 Å². The molecule has 6 nitrogen and oxygen atoms in total. The number of aromatic carboxylic acids is 1. The number of nitrogens with zero attached hydrogens (tertiary/aromatic N) is 1. The first-order valence-electron chi connectivity index (χ1n) is 9.29. The Balaban J connectivity index is 0.000000491. The van der Waals surface area contributed by atoms with Crippen molar-refractivity contribution < 1.29 is 31.3 Å². The highest BCUT2D eigenvalue weighted by Gasteiger charge is 2.25. The van der Waals surface area contributed by atoms with Crippen LogP contribution in [0.15, 0.2) is 60.7 Å². The first-order valence-corrected chi connectivity index (χ1v) is 10.6. The number of fused-ring (bicyclic) bond motifs is 2. The molecule has 0 fully saturated rings. The Kier molecular flexibility index (Phi) is 6.06. The van der Waals surface area contributed by atoms with Crippen molar-refractivity contribution in [2.45, 2.75) is 13.8 Å². The van der Waals surface area contributed by atoms with Crippen molar-refractivity contribution in [2.75, 3.05) is 0 Å². The average molecular weight is 441 g/mol. The molecule has 0 unspecified atom stereocenters. The lowest BCUT2D eigenvalue weighted by molar-refractivity contribution is -0.617. The van der Waals surface area contributed by atoms with Gasteiger partial charge in [0.2, 0.25) is 11.0 Å². The molecule has 4 aromatic rings. The second-order valence-electron chi connectivity index (χ2n) is 7.10. The van der Waals surface area contributed by atoms with Crippen LogP contribution in [-0.2, 0) is 17.6 Å². The molecule has 0 spiro atoms. The fourth-order valence-corrected chi connectivity index (χ4v) is 4.06. The summed E-state index contributed by atoms with van der Waals surface area (Å²) in [5.41, 5.74) is 6.60. The summed E-state index contributed by atoms with van der Waals surface area (Å²) in [6.07, 6.45) is 0. The number of carboxylic acid groups (broad SMARTS) is 1. The zero-order valence-electron chi connectivity index (χ0n) is 17.1. The van der Waals surface area contributed by atoms with E-state index in [1.54, 1.807) is 0 Å². The zero-order valence-corrected chi connectivity index (χ0v) is 17.9. The Labute approximate surface area is 179 Å². The molecule has 0 radical (unpaired) electrons. The minimum atomic E-state index is -5.42. The smallest absolute Gasteiger partial charge is 0.337 e. The second kappa shape index (κ2) is 8.41. The van der Waals surface area contributed by atoms with Crippen LogP contribution in [0.4, 0.5) is 3.89 Å². The standard InChI is InChI=1S/C23H19NO2.FHO3S/c1-14-13-19-21(15(2)20(14)16-9-5-4-6-10-16)22(23(25)26)17-11-7-8-12-18(17)24(19)3;1-5(2,3)4/h4-13H,1-3H3;(H,2,3,4). The molecule has 0 aliphatic heterocycles. The SMILES string of the molecule is Cc1cc2c(c(C)c1-c1ccccc1)c(C(=O)O)c1ccccc1[n+]2C.O=S(=O)([O-])F. The summed E-state index contributed by atoms with van der Waals surface area (Å²) in [5.74, 6) is -0.891. The third-order valence-electron chi connectivity index (χ3n) is 5.18. The van der Waals surface area contributed by atoms with Crippen LogP contribution >= 0.6 is 0 Å². The van der Waals surface area contributed by atoms with Gasteiger partial charge in [-0.1, -0.05) is 42.5 Å². The summed E-state index contributed by atoms with van der Waals surface area (Å²) in [6, 6.07) is 19.9. The van der Waals surface area contributed by atoms with E-state index in [2.05, 4.69) is 29.7 Å². The summed E-state index contributed by atoms with van der Waals surface area (Å²) < 4.78 is 37.4. The number of para-hydroxylation sites is 1. The Morgan fingerprint density at radius 1 is 1.00 bits per heavy atom. The third kappa shape index (κ3) is 4.55. The Morgan fingerprint density at radius 2 is 1.55 bits per heavy atom. The van der Waals surface area contributed by atoms with E-state index in [0.29, 0.717) is 5.56 Å². The van der Waals surface area contributed by atoms with Gasteiger partial charge in [-0.25, -0.2) is 13.2 Å².